The summed E-state index contributed by atoms with van der Waals surface area (Å²) in [6.45, 7) is 3.76. The predicted octanol–water partition coefficient (Wildman–Crippen LogP) is 6.53. The Bertz CT molecular complexity index is 1200. The monoisotopic (exact) mass is 442 g/mol. The molecule has 0 unspecified atom stereocenters. The topological polar surface area (TPSA) is 65.2 Å². The number of para-hydroxylation sites is 2. The number of fused-ring (bicyclic) bond motifs is 1. The molecule has 4 nitrogen and oxygen atoms in total. The first-order chi connectivity index (χ1) is 14.5. The van der Waals surface area contributed by atoms with Gasteiger partial charge in [0.25, 0.3) is 0 Å². The maximum absolute atomic E-state index is 10.2. The SMILES string of the molecule is CC(=Nc1cccc2cccc(N=C(C)c3ccccc3O)c12)c1ccccc1O.[Ti]. The van der Waals surface area contributed by atoms with E-state index in [0.717, 1.165) is 33.6 Å². The van der Waals surface area contributed by atoms with Gasteiger partial charge >= 0.3 is 0 Å². The molecule has 0 aliphatic carbocycles. The fourth-order valence-corrected chi connectivity index (χ4v) is 3.53. The number of benzene rings is 4. The van der Waals surface area contributed by atoms with Crippen LogP contribution in [0.5, 0.6) is 11.5 Å². The van der Waals surface area contributed by atoms with Gasteiger partial charge in [-0.1, -0.05) is 48.5 Å². The summed E-state index contributed by atoms with van der Waals surface area (Å²) in [5, 5.41) is 22.3. The van der Waals surface area contributed by atoms with Gasteiger partial charge in [0.1, 0.15) is 11.5 Å². The second-order valence-electron chi connectivity index (χ2n) is 7.08. The van der Waals surface area contributed by atoms with Gasteiger partial charge in [-0.05, 0) is 55.6 Å². The van der Waals surface area contributed by atoms with Crippen LogP contribution in [0.1, 0.15) is 25.0 Å². The van der Waals surface area contributed by atoms with Gasteiger partial charge in [0, 0.05) is 49.7 Å². The first-order valence-corrected chi connectivity index (χ1v) is 9.73. The summed E-state index contributed by atoms with van der Waals surface area (Å²) in [4.78, 5) is 9.63. The number of aromatic hydroxyl groups is 2. The van der Waals surface area contributed by atoms with E-state index in [1.807, 2.05) is 74.5 Å². The van der Waals surface area contributed by atoms with E-state index in [2.05, 4.69) is 0 Å². The van der Waals surface area contributed by atoms with E-state index in [0.29, 0.717) is 11.1 Å². The summed E-state index contributed by atoms with van der Waals surface area (Å²) in [5.74, 6) is 0.403. The molecule has 0 spiro atoms. The van der Waals surface area contributed by atoms with Gasteiger partial charge in [-0.2, -0.15) is 0 Å². The van der Waals surface area contributed by atoms with Crippen molar-refractivity contribution in [2.75, 3.05) is 0 Å². The Kier molecular flexibility index (Phi) is 7.06. The third-order valence-corrected chi connectivity index (χ3v) is 5.02. The summed E-state index contributed by atoms with van der Waals surface area (Å²) in [5.41, 5.74) is 4.38. The minimum atomic E-state index is 0. The van der Waals surface area contributed by atoms with Crippen LogP contribution < -0.4 is 0 Å². The van der Waals surface area contributed by atoms with Gasteiger partial charge < -0.3 is 10.2 Å². The molecular formula is C26H22N2O2Ti. The van der Waals surface area contributed by atoms with Crippen LogP contribution in [-0.4, -0.2) is 21.6 Å². The predicted molar refractivity (Wildman–Crippen MR) is 124 cm³/mol. The van der Waals surface area contributed by atoms with Crippen LogP contribution in [0, 0.1) is 0 Å². The van der Waals surface area contributed by atoms with E-state index >= 15 is 0 Å². The molecule has 4 aromatic carbocycles. The number of hydrogen-bond acceptors (Lipinski definition) is 4. The molecule has 0 bridgehead atoms. The normalized spacial score (nSPS) is 11.9. The van der Waals surface area contributed by atoms with E-state index in [9.17, 15) is 10.2 Å². The molecule has 0 heterocycles. The molecule has 0 atom stereocenters. The zero-order valence-electron chi connectivity index (χ0n) is 17.4. The standard InChI is InChI=1S/C26H22N2O2.Ti/c1-17(20-11-3-5-15-24(20)29)27-22-13-7-9-19-10-8-14-23(26(19)22)28-18(2)21-12-4-6-16-25(21)30;/h3-16,29-30H,1-2H3;. The fourth-order valence-electron chi connectivity index (χ4n) is 3.53. The molecule has 0 saturated carbocycles. The Hall–Kier alpha value is -3.21. The molecule has 4 rings (SSSR count). The van der Waals surface area contributed by atoms with Crippen LogP contribution in [0.25, 0.3) is 10.8 Å². The van der Waals surface area contributed by atoms with Crippen molar-refractivity contribution < 1.29 is 31.9 Å². The molecular weight excluding hydrogens is 420 g/mol. The van der Waals surface area contributed by atoms with Gasteiger partial charge in [0.2, 0.25) is 0 Å². The Labute approximate surface area is 196 Å². The zero-order valence-corrected chi connectivity index (χ0v) is 18.9. The molecule has 0 aliphatic heterocycles. The molecule has 2 N–H and O–H groups in total. The van der Waals surface area contributed by atoms with Crippen LogP contribution in [0.4, 0.5) is 11.4 Å². The number of phenolic OH excluding ortho intramolecular Hbond substituents is 2. The Balaban J connectivity index is 0.00000272. The van der Waals surface area contributed by atoms with Crippen LogP contribution in [0.2, 0.25) is 0 Å². The van der Waals surface area contributed by atoms with Crippen molar-refractivity contribution in [1.29, 1.82) is 0 Å². The molecule has 0 saturated heterocycles. The summed E-state index contributed by atoms with van der Waals surface area (Å²) in [6.07, 6.45) is 0. The molecule has 31 heavy (non-hydrogen) atoms. The summed E-state index contributed by atoms with van der Waals surface area (Å²) in [7, 11) is 0. The number of phenols is 2. The van der Waals surface area contributed by atoms with Crippen molar-refractivity contribution in [3.8, 4) is 11.5 Å². The molecule has 5 heteroatoms. The maximum Gasteiger partial charge on any atom is 0.124 e. The summed E-state index contributed by atoms with van der Waals surface area (Å²) >= 11 is 0. The quantitative estimate of drug-likeness (QED) is 0.279. The molecule has 0 aromatic heterocycles. The molecule has 4 aromatic rings. The van der Waals surface area contributed by atoms with Crippen molar-refractivity contribution in [2.45, 2.75) is 13.8 Å². The van der Waals surface area contributed by atoms with Crippen molar-refractivity contribution >= 4 is 33.6 Å². The minimum Gasteiger partial charge on any atom is -0.507 e. The summed E-state index contributed by atoms with van der Waals surface area (Å²) in [6, 6.07) is 26.2. The third kappa shape index (κ3) is 4.77. The van der Waals surface area contributed by atoms with Crippen LogP contribution in [0.3, 0.4) is 0 Å². The van der Waals surface area contributed by atoms with Crippen LogP contribution in [0.15, 0.2) is 94.9 Å². The van der Waals surface area contributed by atoms with E-state index in [1.165, 1.54) is 0 Å². The van der Waals surface area contributed by atoms with Gasteiger partial charge in [0.15, 0.2) is 0 Å². The van der Waals surface area contributed by atoms with Crippen molar-refractivity contribution in [3.63, 3.8) is 0 Å². The smallest absolute Gasteiger partial charge is 0.124 e. The van der Waals surface area contributed by atoms with Crippen LogP contribution >= 0.6 is 0 Å². The molecule has 0 radical (unpaired) electrons. The number of hydrogen-bond donors (Lipinski definition) is 2. The number of rotatable bonds is 4. The Morgan fingerprint density at radius 1 is 0.581 bits per heavy atom. The van der Waals surface area contributed by atoms with Crippen molar-refractivity contribution in [1.82, 2.24) is 0 Å². The van der Waals surface area contributed by atoms with E-state index in [1.54, 1.807) is 24.3 Å². The third-order valence-electron chi connectivity index (χ3n) is 5.02. The second-order valence-corrected chi connectivity index (χ2v) is 7.08. The average molecular weight is 442 g/mol. The molecule has 0 fully saturated rings. The fraction of sp³-hybridized carbons (Fsp3) is 0.0769. The Morgan fingerprint density at radius 3 is 1.42 bits per heavy atom. The molecule has 152 valence electrons. The van der Waals surface area contributed by atoms with Gasteiger partial charge in [-0.3, -0.25) is 9.98 Å². The summed E-state index contributed by atoms with van der Waals surface area (Å²) < 4.78 is 0. The number of nitrogens with zero attached hydrogens (tertiary/aromatic N) is 2. The maximum atomic E-state index is 10.2. The second kappa shape index (κ2) is 9.73. The molecule has 0 aliphatic rings. The van der Waals surface area contributed by atoms with E-state index < -0.39 is 0 Å². The average Bonchev–Trinajstić information content (AvgIpc) is 2.74. The first kappa shape index (κ1) is 22.5. The van der Waals surface area contributed by atoms with Gasteiger partial charge in [-0.15, -0.1) is 0 Å². The van der Waals surface area contributed by atoms with Gasteiger partial charge in [-0.25, -0.2) is 0 Å². The van der Waals surface area contributed by atoms with Crippen molar-refractivity contribution in [3.05, 3.63) is 96.1 Å². The van der Waals surface area contributed by atoms with Crippen LogP contribution in [-0.2, 0) is 21.7 Å². The Morgan fingerprint density at radius 2 is 1.00 bits per heavy atom. The van der Waals surface area contributed by atoms with E-state index in [4.69, 9.17) is 9.98 Å². The zero-order chi connectivity index (χ0) is 21.1. The minimum absolute atomic E-state index is 0. The number of aliphatic imine (C=N–C) groups is 2. The van der Waals surface area contributed by atoms with Gasteiger partial charge in [0.05, 0.1) is 11.4 Å². The largest absolute Gasteiger partial charge is 0.507 e. The molecule has 0 amide bonds. The first-order valence-electron chi connectivity index (χ1n) is 9.73. The van der Waals surface area contributed by atoms with Crippen molar-refractivity contribution in [2.24, 2.45) is 9.98 Å². The van der Waals surface area contributed by atoms with E-state index in [-0.39, 0.29) is 33.2 Å².